The van der Waals surface area contributed by atoms with Crippen molar-refractivity contribution < 1.29 is 36.9 Å². The van der Waals surface area contributed by atoms with Gasteiger partial charge in [-0.2, -0.15) is 13.2 Å². The molecule has 1 N–H and O–H groups in total. The summed E-state index contributed by atoms with van der Waals surface area (Å²) in [6.45, 7) is 2.48. The Kier molecular flexibility index (Phi) is 7.32. The van der Waals surface area contributed by atoms with E-state index in [0.717, 1.165) is 11.6 Å². The number of piperidine rings is 1. The average Bonchev–Trinajstić information content (AvgIpc) is 2.79. The van der Waals surface area contributed by atoms with E-state index in [-0.39, 0.29) is 43.4 Å². The number of hydrogen-bond acceptors (Lipinski definition) is 5. The number of carbonyl (C=O) groups excluding carboxylic acids is 1. The van der Waals surface area contributed by atoms with Gasteiger partial charge in [0.2, 0.25) is 5.79 Å². The Balaban J connectivity index is 1.46. The van der Waals surface area contributed by atoms with Crippen molar-refractivity contribution in [2.75, 3.05) is 32.7 Å². The Labute approximate surface area is 207 Å². The number of carbonyl (C=O) groups is 1. The Morgan fingerprint density at radius 1 is 1.14 bits per heavy atom. The SMILES string of the molecule is CC(C)(O)Oc1ccc(C(=O)N2CCC3(CC2)CN(CC(F)(F)F)CC(c2ccccc2)O3)cc1F. The fourth-order valence-electron chi connectivity index (χ4n) is 4.86. The molecule has 2 heterocycles. The molecule has 2 aliphatic heterocycles. The molecule has 0 bridgehead atoms. The highest BCUT2D eigenvalue weighted by Crippen LogP contribution is 2.39. The lowest BCUT2D eigenvalue weighted by atomic mass is 9.87. The molecular weight excluding hydrogens is 480 g/mol. The first-order chi connectivity index (χ1) is 16.8. The molecule has 4 rings (SSSR count). The summed E-state index contributed by atoms with van der Waals surface area (Å²) in [6.07, 6.45) is -4.12. The summed E-state index contributed by atoms with van der Waals surface area (Å²) < 4.78 is 65.7. The molecule has 2 aliphatic rings. The Morgan fingerprint density at radius 2 is 1.81 bits per heavy atom. The van der Waals surface area contributed by atoms with Gasteiger partial charge in [-0.3, -0.25) is 9.69 Å². The molecule has 2 saturated heterocycles. The molecule has 196 valence electrons. The minimum Gasteiger partial charge on any atom is -0.460 e. The smallest absolute Gasteiger partial charge is 0.401 e. The summed E-state index contributed by atoms with van der Waals surface area (Å²) in [4.78, 5) is 16.0. The van der Waals surface area contributed by atoms with Crippen LogP contribution in [0.3, 0.4) is 0 Å². The molecule has 6 nitrogen and oxygen atoms in total. The number of ether oxygens (including phenoxy) is 2. The second kappa shape index (κ2) is 9.99. The maximum atomic E-state index is 14.5. The number of hydrogen-bond donors (Lipinski definition) is 1. The van der Waals surface area contributed by atoms with Crippen LogP contribution in [0.1, 0.15) is 48.7 Å². The highest BCUT2D eigenvalue weighted by molar-refractivity contribution is 5.94. The third-order valence-electron chi connectivity index (χ3n) is 6.40. The van der Waals surface area contributed by atoms with Gasteiger partial charge in [-0.05, 0) is 36.6 Å². The molecule has 0 aromatic heterocycles. The molecule has 10 heteroatoms. The van der Waals surface area contributed by atoms with E-state index in [0.29, 0.717) is 12.8 Å². The van der Waals surface area contributed by atoms with E-state index in [1.807, 2.05) is 30.3 Å². The second-order valence-corrected chi connectivity index (χ2v) is 9.97. The molecule has 1 amide bonds. The van der Waals surface area contributed by atoms with Crippen LogP contribution in [-0.2, 0) is 4.74 Å². The first-order valence-corrected chi connectivity index (χ1v) is 11.8. The summed E-state index contributed by atoms with van der Waals surface area (Å²) in [5.74, 6) is -2.92. The van der Waals surface area contributed by atoms with Crippen LogP contribution in [0.4, 0.5) is 17.6 Å². The van der Waals surface area contributed by atoms with Gasteiger partial charge in [0.25, 0.3) is 5.91 Å². The number of likely N-dealkylation sites (tertiary alicyclic amines) is 1. The van der Waals surface area contributed by atoms with Crippen molar-refractivity contribution in [3.05, 3.63) is 65.5 Å². The Morgan fingerprint density at radius 3 is 2.39 bits per heavy atom. The van der Waals surface area contributed by atoms with E-state index in [9.17, 15) is 27.5 Å². The van der Waals surface area contributed by atoms with Gasteiger partial charge in [0, 0.05) is 45.6 Å². The molecule has 2 aromatic rings. The van der Waals surface area contributed by atoms with Gasteiger partial charge in [0.1, 0.15) is 0 Å². The largest absolute Gasteiger partial charge is 0.460 e. The van der Waals surface area contributed by atoms with Crippen LogP contribution in [-0.4, -0.2) is 71.1 Å². The number of benzene rings is 2. The zero-order chi connectivity index (χ0) is 26.1. The fraction of sp³-hybridized carbons (Fsp3) is 0.500. The number of rotatable bonds is 5. The summed E-state index contributed by atoms with van der Waals surface area (Å²) in [5.41, 5.74) is 0.110. The van der Waals surface area contributed by atoms with Crippen LogP contribution in [0.15, 0.2) is 48.5 Å². The second-order valence-electron chi connectivity index (χ2n) is 9.97. The summed E-state index contributed by atoms with van der Waals surface area (Å²) in [5, 5.41) is 9.73. The average molecular weight is 511 g/mol. The Hall–Kier alpha value is -2.69. The van der Waals surface area contributed by atoms with Crippen LogP contribution in [0.2, 0.25) is 0 Å². The number of amides is 1. The first kappa shape index (κ1) is 26.4. The monoisotopic (exact) mass is 510 g/mol. The lowest BCUT2D eigenvalue weighted by molar-refractivity contribution is -0.205. The van der Waals surface area contributed by atoms with Crippen LogP contribution < -0.4 is 4.74 Å². The summed E-state index contributed by atoms with van der Waals surface area (Å²) in [7, 11) is 0. The number of alkyl halides is 3. The van der Waals surface area contributed by atoms with E-state index in [1.54, 1.807) is 4.90 Å². The summed E-state index contributed by atoms with van der Waals surface area (Å²) >= 11 is 0. The standard InChI is InChI=1S/C26H30F4N2O4/c1-24(2,34)35-21-9-8-19(14-20(21)27)23(33)32-12-10-25(11-13-32)16-31(17-26(28,29)30)15-22(36-25)18-6-4-3-5-7-18/h3-9,14,22,34H,10-13,15-17H2,1-2H3. The lowest BCUT2D eigenvalue weighted by Gasteiger charge is -2.50. The van der Waals surface area contributed by atoms with Crippen molar-refractivity contribution in [3.8, 4) is 5.75 Å². The maximum absolute atomic E-state index is 14.5. The lowest BCUT2D eigenvalue weighted by Crippen LogP contribution is -2.59. The van der Waals surface area contributed by atoms with E-state index in [1.165, 1.54) is 30.9 Å². The van der Waals surface area contributed by atoms with Crippen LogP contribution >= 0.6 is 0 Å². The number of morpholine rings is 1. The van der Waals surface area contributed by atoms with E-state index >= 15 is 0 Å². The van der Waals surface area contributed by atoms with Gasteiger partial charge in [0.05, 0.1) is 18.2 Å². The van der Waals surface area contributed by atoms with E-state index < -0.39 is 36.0 Å². The van der Waals surface area contributed by atoms with E-state index in [4.69, 9.17) is 9.47 Å². The number of aliphatic hydroxyl groups is 1. The maximum Gasteiger partial charge on any atom is 0.401 e. The third kappa shape index (κ3) is 6.54. The van der Waals surface area contributed by atoms with Gasteiger partial charge in [-0.15, -0.1) is 0 Å². The molecule has 2 fully saturated rings. The summed E-state index contributed by atoms with van der Waals surface area (Å²) in [6, 6.07) is 12.9. The van der Waals surface area contributed by atoms with Gasteiger partial charge in [-0.1, -0.05) is 30.3 Å². The highest BCUT2D eigenvalue weighted by atomic mass is 19.4. The molecule has 0 saturated carbocycles. The minimum atomic E-state index is -4.33. The van der Waals surface area contributed by atoms with E-state index in [2.05, 4.69) is 0 Å². The van der Waals surface area contributed by atoms with Gasteiger partial charge < -0.3 is 19.5 Å². The first-order valence-electron chi connectivity index (χ1n) is 11.8. The van der Waals surface area contributed by atoms with Crippen molar-refractivity contribution in [2.24, 2.45) is 0 Å². The normalized spacial score (nSPS) is 21.0. The zero-order valence-corrected chi connectivity index (χ0v) is 20.2. The van der Waals surface area contributed by atoms with Crippen LogP contribution in [0.25, 0.3) is 0 Å². The van der Waals surface area contributed by atoms with Gasteiger partial charge in [0.15, 0.2) is 11.6 Å². The zero-order valence-electron chi connectivity index (χ0n) is 20.2. The van der Waals surface area contributed by atoms with Gasteiger partial charge >= 0.3 is 6.18 Å². The van der Waals surface area contributed by atoms with Crippen molar-refractivity contribution in [1.82, 2.24) is 9.80 Å². The highest BCUT2D eigenvalue weighted by Gasteiger charge is 2.46. The van der Waals surface area contributed by atoms with Crippen molar-refractivity contribution in [2.45, 2.75) is 50.4 Å². The molecule has 0 radical (unpaired) electrons. The van der Waals surface area contributed by atoms with Gasteiger partial charge in [-0.25, -0.2) is 4.39 Å². The third-order valence-corrected chi connectivity index (χ3v) is 6.40. The molecule has 0 aliphatic carbocycles. The van der Waals surface area contributed by atoms with Crippen LogP contribution in [0.5, 0.6) is 5.75 Å². The van der Waals surface area contributed by atoms with Crippen molar-refractivity contribution >= 4 is 5.91 Å². The fourth-order valence-corrected chi connectivity index (χ4v) is 4.86. The molecule has 2 aromatic carbocycles. The Bertz CT molecular complexity index is 1060. The predicted molar refractivity (Wildman–Crippen MR) is 124 cm³/mol. The molecule has 36 heavy (non-hydrogen) atoms. The van der Waals surface area contributed by atoms with Crippen molar-refractivity contribution in [3.63, 3.8) is 0 Å². The van der Waals surface area contributed by atoms with Crippen LogP contribution in [0, 0.1) is 5.82 Å². The number of halogens is 4. The number of nitrogens with zero attached hydrogens (tertiary/aromatic N) is 2. The molecular formula is C26H30F4N2O4. The molecule has 1 unspecified atom stereocenters. The van der Waals surface area contributed by atoms with Crippen molar-refractivity contribution in [1.29, 1.82) is 0 Å². The minimum absolute atomic E-state index is 0.121. The molecule has 1 spiro atoms. The molecule has 1 atom stereocenters. The predicted octanol–water partition coefficient (Wildman–Crippen LogP) is 4.54. The topological polar surface area (TPSA) is 62.2 Å². The quantitative estimate of drug-likeness (QED) is 0.473.